The predicted octanol–water partition coefficient (Wildman–Crippen LogP) is 5.63. The lowest BCUT2D eigenvalue weighted by Crippen LogP contribution is -2.44. The highest BCUT2D eigenvalue weighted by Gasteiger charge is 2.49. The van der Waals surface area contributed by atoms with Gasteiger partial charge in [-0.25, -0.2) is 13.4 Å². The van der Waals surface area contributed by atoms with Crippen LogP contribution in [0.5, 0.6) is 0 Å². The van der Waals surface area contributed by atoms with E-state index in [0.29, 0.717) is 25.6 Å². The summed E-state index contributed by atoms with van der Waals surface area (Å²) in [6.07, 6.45) is -2.89. The van der Waals surface area contributed by atoms with Crippen LogP contribution in [-0.4, -0.2) is 39.1 Å². The quantitative estimate of drug-likeness (QED) is 0.498. The Morgan fingerprint density at radius 3 is 2.43 bits per heavy atom. The molecule has 0 radical (unpaired) electrons. The molecule has 3 rings (SSSR count). The van der Waals surface area contributed by atoms with E-state index in [0.717, 1.165) is 18.2 Å². The Hall–Kier alpha value is -2.17. The Bertz CT molecular complexity index is 1200. The Balaban J connectivity index is 2.14. The van der Waals surface area contributed by atoms with Gasteiger partial charge in [-0.15, -0.1) is 0 Å². The smallest absolute Gasteiger partial charge is 0.379 e. The van der Waals surface area contributed by atoms with Crippen molar-refractivity contribution in [2.24, 2.45) is 5.41 Å². The van der Waals surface area contributed by atoms with Crippen LogP contribution in [-0.2, 0) is 30.3 Å². The van der Waals surface area contributed by atoms with Crippen molar-refractivity contribution in [3.8, 4) is 0 Å². The highest BCUT2D eigenvalue weighted by molar-refractivity contribution is 7.92. The maximum atomic E-state index is 13.8. The molecule has 0 bridgehead atoms. The first kappa shape index (κ1) is 27.4. The second kappa shape index (κ2) is 9.71. The number of anilines is 1. The van der Waals surface area contributed by atoms with Gasteiger partial charge in [0.1, 0.15) is 4.75 Å². The lowest BCUT2D eigenvalue weighted by molar-refractivity contribution is -0.137. The van der Waals surface area contributed by atoms with Crippen molar-refractivity contribution in [3.05, 3.63) is 52.7 Å². The van der Waals surface area contributed by atoms with Crippen molar-refractivity contribution in [2.45, 2.75) is 56.4 Å². The molecule has 0 N–H and O–H groups in total. The van der Waals surface area contributed by atoms with E-state index in [9.17, 15) is 26.4 Å². The number of ether oxygens (including phenoxy) is 1. The summed E-state index contributed by atoms with van der Waals surface area (Å²) >= 11 is 6.52. The summed E-state index contributed by atoms with van der Waals surface area (Å²) < 4.78 is 71.4. The summed E-state index contributed by atoms with van der Waals surface area (Å²) in [5, 5.41) is 0.0612. The lowest BCUT2D eigenvalue weighted by atomic mass is 9.93. The van der Waals surface area contributed by atoms with Gasteiger partial charge in [0.2, 0.25) is 5.91 Å². The van der Waals surface area contributed by atoms with E-state index < -0.39 is 36.6 Å². The number of sulfone groups is 1. The van der Waals surface area contributed by atoms with Crippen molar-refractivity contribution in [1.82, 2.24) is 4.98 Å². The summed E-state index contributed by atoms with van der Waals surface area (Å²) in [5.41, 5.74) is -1.57. The van der Waals surface area contributed by atoms with Crippen molar-refractivity contribution >= 4 is 33.2 Å². The van der Waals surface area contributed by atoms with E-state index in [1.165, 1.54) is 17.2 Å². The Kier molecular flexibility index (Phi) is 7.60. The molecule has 11 heteroatoms. The molecule has 1 aromatic carbocycles. The van der Waals surface area contributed by atoms with Crippen LogP contribution in [0.2, 0.25) is 5.02 Å². The summed E-state index contributed by atoms with van der Waals surface area (Å²) in [6.45, 7) is 7.40. The largest absolute Gasteiger partial charge is 0.416 e. The van der Waals surface area contributed by atoms with Crippen LogP contribution in [0, 0.1) is 5.41 Å². The van der Waals surface area contributed by atoms with Crippen LogP contribution in [0.25, 0.3) is 0 Å². The van der Waals surface area contributed by atoms with Crippen molar-refractivity contribution in [2.75, 3.05) is 24.7 Å². The molecule has 35 heavy (non-hydrogen) atoms. The number of hydrogen-bond acceptors (Lipinski definition) is 5. The van der Waals surface area contributed by atoms with E-state index in [-0.39, 0.29) is 35.3 Å². The maximum Gasteiger partial charge on any atom is 0.416 e. The van der Waals surface area contributed by atoms with Gasteiger partial charge in [0.05, 0.1) is 22.1 Å². The number of halogens is 4. The Labute approximate surface area is 208 Å². The molecule has 1 fully saturated rings. The zero-order valence-corrected chi connectivity index (χ0v) is 21.5. The average Bonchev–Trinajstić information content (AvgIpc) is 2.79. The fraction of sp³-hybridized carbons (Fsp3) is 0.500. The van der Waals surface area contributed by atoms with Gasteiger partial charge < -0.3 is 4.74 Å². The highest BCUT2D eigenvalue weighted by atomic mass is 35.5. The predicted molar refractivity (Wildman–Crippen MR) is 127 cm³/mol. The normalized spacial score (nSPS) is 19.4. The topological polar surface area (TPSA) is 76.6 Å². The van der Waals surface area contributed by atoms with E-state index >= 15 is 0 Å². The van der Waals surface area contributed by atoms with Crippen LogP contribution >= 0.6 is 11.6 Å². The van der Waals surface area contributed by atoms with Gasteiger partial charge in [-0.2, -0.15) is 13.2 Å². The molecule has 0 saturated carbocycles. The summed E-state index contributed by atoms with van der Waals surface area (Å²) in [4.78, 5) is 18.2. The first-order valence-corrected chi connectivity index (χ1v) is 13.0. The number of carbonyl (C=O) groups excluding carboxylic acids is 1. The van der Waals surface area contributed by atoms with Gasteiger partial charge >= 0.3 is 6.18 Å². The van der Waals surface area contributed by atoms with E-state index in [4.69, 9.17) is 16.3 Å². The van der Waals surface area contributed by atoms with Crippen LogP contribution < -0.4 is 4.90 Å². The molecule has 1 atom stereocenters. The molecule has 2 aromatic rings. The minimum atomic E-state index is -4.70. The molecule has 1 saturated heterocycles. The SMILES string of the molecule is CCN(C(=O)C(C)(C)C)c1ncc(C2(S(=O)(=O)c3cccc(C(F)(F)F)c3)CCCOC2)cc1Cl. The van der Waals surface area contributed by atoms with E-state index in [2.05, 4.69) is 4.98 Å². The number of alkyl halides is 3. The molecule has 2 heterocycles. The van der Waals surface area contributed by atoms with Crippen molar-refractivity contribution < 1.29 is 31.1 Å². The van der Waals surface area contributed by atoms with Crippen LogP contribution in [0.15, 0.2) is 41.4 Å². The van der Waals surface area contributed by atoms with Gasteiger partial charge in [0.15, 0.2) is 15.7 Å². The maximum absolute atomic E-state index is 13.8. The first-order chi connectivity index (χ1) is 16.1. The second-order valence-corrected chi connectivity index (χ2v) is 12.2. The average molecular weight is 533 g/mol. The first-order valence-electron chi connectivity index (χ1n) is 11.1. The molecular weight excluding hydrogens is 505 g/mol. The second-order valence-electron chi connectivity index (χ2n) is 9.51. The van der Waals surface area contributed by atoms with Crippen molar-refractivity contribution in [1.29, 1.82) is 0 Å². The third-order valence-electron chi connectivity index (χ3n) is 6.00. The number of carbonyl (C=O) groups is 1. The molecule has 6 nitrogen and oxygen atoms in total. The minimum absolute atomic E-state index is 0.0612. The molecule has 1 unspecified atom stereocenters. The van der Waals surface area contributed by atoms with Crippen molar-refractivity contribution in [3.63, 3.8) is 0 Å². The molecule has 0 aliphatic carbocycles. The number of aromatic nitrogens is 1. The molecule has 1 aliphatic heterocycles. The number of hydrogen-bond donors (Lipinski definition) is 0. The standard InChI is InChI=1S/C24H28ClF3N2O4S/c1-5-30(21(31)22(2,3)4)20-19(25)13-17(14-29-20)23(10-7-11-34-15-23)35(32,33)18-9-6-8-16(12-18)24(26,27)28/h6,8-9,12-14H,5,7,10-11,15H2,1-4H3. The van der Waals surface area contributed by atoms with Crippen LogP contribution in [0.4, 0.5) is 19.0 Å². The Morgan fingerprint density at radius 1 is 1.23 bits per heavy atom. The zero-order chi connectivity index (χ0) is 26.2. The fourth-order valence-corrected chi connectivity index (χ4v) is 6.43. The molecule has 192 valence electrons. The third kappa shape index (κ3) is 5.20. The lowest BCUT2D eigenvalue weighted by Gasteiger charge is -2.37. The van der Waals surface area contributed by atoms with E-state index in [1.807, 2.05) is 0 Å². The molecule has 1 aromatic heterocycles. The van der Waals surface area contributed by atoms with Gasteiger partial charge in [-0.1, -0.05) is 38.4 Å². The molecule has 1 amide bonds. The van der Waals surface area contributed by atoms with Gasteiger partial charge in [-0.05, 0) is 49.6 Å². The number of nitrogens with zero attached hydrogens (tertiary/aromatic N) is 2. The zero-order valence-electron chi connectivity index (χ0n) is 19.9. The summed E-state index contributed by atoms with van der Waals surface area (Å²) in [5.74, 6) is -0.0318. The van der Waals surface area contributed by atoms with E-state index in [1.54, 1.807) is 27.7 Å². The molecule has 1 aliphatic rings. The Morgan fingerprint density at radius 2 is 1.91 bits per heavy atom. The molecule has 0 spiro atoms. The summed E-state index contributed by atoms with van der Waals surface area (Å²) in [6, 6.07) is 5.09. The summed E-state index contributed by atoms with van der Waals surface area (Å²) in [7, 11) is -4.36. The van der Waals surface area contributed by atoms with Crippen LogP contribution in [0.1, 0.15) is 51.7 Å². The monoisotopic (exact) mass is 532 g/mol. The number of amides is 1. The molecular formula is C24H28ClF3N2O4S. The van der Waals surface area contributed by atoms with Crippen LogP contribution in [0.3, 0.4) is 0 Å². The minimum Gasteiger partial charge on any atom is -0.379 e. The van der Waals surface area contributed by atoms with Gasteiger partial charge in [0.25, 0.3) is 0 Å². The number of pyridine rings is 1. The number of rotatable bonds is 5. The van der Waals surface area contributed by atoms with Gasteiger partial charge in [-0.3, -0.25) is 9.69 Å². The van der Waals surface area contributed by atoms with Gasteiger partial charge in [0, 0.05) is 24.8 Å². The third-order valence-corrected chi connectivity index (χ3v) is 8.74. The highest BCUT2D eigenvalue weighted by Crippen LogP contribution is 2.44. The fourth-order valence-electron chi connectivity index (χ4n) is 4.10. The number of benzene rings is 1.